The summed E-state index contributed by atoms with van der Waals surface area (Å²) in [4.78, 5) is 17.4. The smallest absolute Gasteiger partial charge is 0.243 e. The molecule has 1 unspecified atom stereocenters. The van der Waals surface area contributed by atoms with E-state index in [-0.39, 0.29) is 36.4 Å². The van der Waals surface area contributed by atoms with Gasteiger partial charge in [0.25, 0.3) is 0 Å². The number of likely N-dealkylation sites (N-methyl/N-ethyl adjacent to an activating group) is 1. The number of aliphatic imine (C=N–C) groups is 1. The first-order valence-corrected chi connectivity index (χ1v) is 7.40. The zero-order chi connectivity index (χ0) is 15.8. The number of carbonyl (C=O) groups excluding carboxylic acids is 1. The van der Waals surface area contributed by atoms with Gasteiger partial charge in [-0.25, -0.2) is 4.99 Å². The minimum absolute atomic E-state index is 0. The van der Waals surface area contributed by atoms with E-state index >= 15 is 0 Å². The van der Waals surface area contributed by atoms with Gasteiger partial charge >= 0.3 is 0 Å². The molecule has 0 rings (SSSR count). The van der Waals surface area contributed by atoms with Crippen LogP contribution in [0, 0.1) is 5.41 Å². The van der Waals surface area contributed by atoms with E-state index in [4.69, 9.17) is 0 Å². The van der Waals surface area contributed by atoms with Crippen molar-refractivity contribution < 1.29 is 4.79 Å². The number of carbonyl (C=O) groups is 1. The van der Waals surface area contributed by atoms with Crippen LogP contribution in [0.2, 0.25) is 0 Å². The van der Waals surface area contributed by atoms with Crippen LogP contribution in [-0.2, 0) is 4.79 Å². The second kappa shape index (κ2) is 11.1. The highest BCUT2D eigenvalue weighted by molar-refractivity contribution is 14.0. The van der Waals surface area contributed by atoms with Crippen LogP contribution in [0.25, 0.3) is 0 Å². The van der Waals surface area contributed by atoms with Gasteiger partial charge in [0.15, 0.2) is 5.96 Å². The lowest BCUT2D eigenvalue weighted by molar-refractivity contribution is -0.127. The minimum Gasteiger partial charge on any atom is -0.357 e. The molecule has 0 bridgehead atoms. The Morgan fingerprint density at radius 2 is 1.86 bits per heavy atom. The molecule has 0 aromatic carbocycles. The normalized spacial score (nSPS) is 13.2. The highest BCUT2D eigenvalue weighted by atomic mass is 127. The number of nitrogens with zero attached hydrogens (tertiary/aromatic N) is 2. The summed E-state index contributed by atoms with van der Waals surface area (Å²) in [7, 11) is 3.48. The molecule has 0 spiro atoms. The van der Waals surface area contributed by atoms with Crippen LogP contribution in [0.5, 0.6) is 0 Å². The molecular formula is C15H33IN4O. The van der Waals surface area contributed by atoms with Gasteiger partial charge in [0, 0.05) is 26.7 Å². The molecule has 0 saturated carbocycles. The Morgan fingerprint density at radius 3 is 2.29 bits per heavy atom. The van der Waals surface area contributed by atoms with Crippen molar-refractivity contribution in [3.63, 3.8) is 0 Å². The molecular weight excluding hydrogens is 379 g/mol. The summed E-state index contributed by atoms with van der Waals surface area (Å²) in [5.41, 5.74) is 0.340. The molecule has 0 radical (unpaired) electrons. The lowest BCUT2D eigenvalue weighted by atomic mass is 9.89. The summed E-state index contributed by atoms with van der Waals surface area (Å²) in [6, 6.07) is 0.335. The highest BCUT2D eigenvalue weighted by Crippen LogP contribution is 2.21. The molecule has 0 aliphatic carbocycles. The van der Waals surface area contributed by atoms with E-state index in [1.54, 1.807) is 19.0 Å². The molecule has 0 aliphatic rings. The van der Waals surface area contributed by atoms with E-state index in [1.807, 2.05) is 6.92 Å². The molecule has 0 aromatic rings. The summed E-state index contributed by atoms with van der Waals surface area (Å²) in [6.45, 7) is 11.9. The summed E-state index contributed by atoms with van der Waals surface area (Å²) in [5, 5.41) is 6.53. The minimum atomic E-state index is 0. The Bertz CT molecular complexity index is 324. The molecule has 0 heterocycles. The lowest BCUT2D eigenvalue weighted by Gasteiger charge is -2.23. The third-order valence-electron chi connectivity index (χ3n) is 2.93. The van der Waals surface area contributed by atoms with Gasteiger partial charge in [-0.1, -0.05) is 20.8 Å². The second-order valence-corrected chi connectivity index (χ2v) is 6.63. The van der Waals surface area contributed by atoms with Gasteiger partial charge in [-0.3, -0.25) is 4.79 Å². The van der Waals surface area contributed by atoms with Crippen molar-refractivity contribution in [2.45, 2.75) is 53.5 Å². The number of amides is 1. The summed E-state index contributed by atoms with van der Waals surface area (Å²) < 4.78 is 0. The molecule has 1 amide bonds. The van der Waals surface area contributed by atoms with Crippen molar-refractivity contribution in [1.29, 1.82) is 0 Å². The van der Waals surface area contributed by atoms with E-state index in [2.05, 4.69) is 43.3 Å². The van der Waals surface area contributed by atoms with Crippen molar-refractivity contribution in [2.24, 2.45) is 10.4 Å². The molecule has 0 aromatic heterocycles. The quantitative estimate of drug-likeness (QED) is 0.400. The Labute approximate surface area is 147 Å². The number of hydrogen-bond acceptors (Lipinski definition) is 2. The van der Waals surface area contributed by atoms with Gasteiger partial charge in [0.2, 0.25) is 5.91 Å². The average molecular weight is 412 g/mol. The monoisotopic (exact) mass is 412 g/mol. The van der Waals surface area contributed by atoms with E-state index in [1.165, 1.54) is 0 Å². The number of nitrogens with one attached hydrogen (secondary N) is 2. The number of halogens is 1. The van der Waals surface area contributed by atoms with Crippen molar-refractivity contribution >= 4 is 35.8 Å². The standard InChI is InChI=1S/C15H32N4O.HI/c1-8-16-14(17-11-13(20)19(6)7)18-12(2)9-10-15(3,4)5;/h12H,8-11H2,1-7H3,(H2,16,17,18);1H. The van der Waals surface area contributed by atoms with Gasteiger partial charge in [-0.05, 0) is 32.1 Å². The topological polar surface area (TPSA) is 56.7 Å². The van der Waals surface area contributed by atoms with Crippen LogP contribution >= 0.6 is 24.0 Å². The number of rotatable bonds is 6. The molecule has 5 nitrogen and oxygen atoms in total. The largest absolute Gasteiger partial charge is 0.357 e. The van der Waals surface area contributed by atoms with Crippen LogP contribution < -0.4 is 10.6 Å². The van der Waals surface area contributed by atoms with Crippen LogP contribution in [0.1, 0.15) is 47.5 Å². The predicted octanol–water partition coefficient (Wildman–Crippen LogP) is 2.46. The molecule has 0 saturated heterocycles. The fourth-order valence-electron chi connectivity index (χ4n) is 1.56. The highest BCUT2D eigenvalue weighted by Gasteiger charge is 2.13. The molecule has 21 heavy (non-hydrogen) atoms. The molecule has 0 fully saturated rings. The first-order chi connectivity index (χ1) is 9.15. The lowest BCUT2D eigenvalue weighted by Crippen LogP contribution is -2.43. The van der Waals surface area contributed by atoms with Crippen LogP contribution in [0.3, 0.4) is 0 Å². The van der Waals surface area contributed by atoms with Crippen molar-refractivity contribution in [2.75, 3.05) is 27.2 Å². The van der Waals surface area contributed by atoms with E-state index in [0.717, 1.165) is 19.4 Å². The van der Waals surface area contributed by atoms with Gasteiger partial charge < -0.3 is 15.5 Å². The Morgan fingerprint density at radius 1 is 1.29 bits per heavy atom. The SMILES string of the molecule is CCNC(=NCC(=O)N(C)C)NC(C)CCC(C)(C)C.I. The molecule has 126 valence electrons. The van der Waals surface area contributed by atoms with E-state index in [9.17, 15) is 4.79 Å². The van der Waals surface area contributed by atoms with E-state index in [0.29, 0.717) is 17.4 Å². The Balaban J connectivity index is 0. The number of hydrogen-bond donors (Lipinski definition) is 2. The fraction of sp³-hybridized carbons (Fsp3) is 0.867. The first-order valence-electron chi connectivity index (χ1n) is 7.40. The summed E-state index contributed by atoms with van der Waals surface area (Å²) in [5.74, 6) is 0.716. The van der Waals surface area contributed by atoms with Crippen molar-refractivity contribution in [1.82, 2.24) is 15.5 Å². The van der Waals surface area contributed by atoms with Gasteiger partial charge in [0.1, 0.15) is 6.54 Å². The predicted molar refractivity (Wildman–Crippen MR) is 101 cm³/mol. The van der Waals surface area contributed by atoms with Crippen LogP contribution in [0.4, 0.5) is 0 Å². The maximum atomic E-state index is 11.6. The third-order valence-corrected chi connectivity index (χ3v) is 2.93. The van der Waals surface area contributed by atoms with Gasteiger partial charge in [0.05, 0.1) is 0 Å². The molecule has 0 aliphatic heterocycles. The van der Waals surface area contributed by atoms with Crippen molar-refractivity contribution in [3.05, 3.63) is 0 Å². The van der Waals surface area contributed by atoms with Gasteiger partial charge in [-0.2, -0.15) is 0 Å². The zero-order valence-corrected chi connectivity index (χ0v) is 16.9. The average Bonchev–Trinajstić information content (AvgIpc) is 2.32. The van der Waals surface area contributed by atoms with Crippen LogP contribution in [0.15, 0.2) is 4.99 Å². The molecule has 1 atom stereocenters. The summed E-state index contributed by atoms with van der Waals surface area (Å²) >= 11 is 0. The zero-order valence-electron chi connectivity index (χ0n) is 14.6. The molecule has 6 heteroatoms. The maximum Gasteiger partial charge on any atom is 0.243 e. The first kappa shape index (κ1) is 22.7. The Hall–Kier alpha value is -0.530. The third kappa shape index (κ3) is 12.9. The number of guanidine groups is 1. The Kier molecular flexibility index (Phi) is 12.0. The summed E-state index contributed by atoms with van der Waals surface area (Å²) in [6.07, 6.45) is 2.23. The second-order valence-electron chi connectivity index (χ2n) is 6.63. The maximum absolute atomic E-state index is 11.6. The van der Waals surface area contributed by atoms with Crippen molar-refractivity contribution in [3.8, 4) is 0 Å². The van der Waals surface area contributed by atoms with Gasteiger partial charge in [-0.15, -0.1) is 24.0 Å². The van der Waals surface area contributed by atoms with Crippen LogP contribution in [-0.4, -0.2) is 50.0 Å². The fourth-order valence-corrected chi connectivity index (χ4v) is 1.56. The molecule has 2 N–H and O–H groups in total. The van der Waals surface area contributed by atoms with E-state index < -0.39 is 0 Å².